The van der Waals surface area contributed by atoms with Gasteiger partial charge in [-0.3, -0.25) is 4.79 Å². The van der Waals surface area contributed by atoms with Gasteiger partial charge in [-0.2, -0.15) is 4.98 Å². The van der Waals surface area contributed by atoms with Gasteiger partial charge in [-0.1, -0.05) is 77.4 Å². The number of aromatic nitrogens is 3. The zero-order valence-corrected chi connectivity index (χ0v) is 22.7. The number of nitrogens with one attached hydrogen (secondary N) is 1. The lowest BCUT2D eigenvalue weighted by Crippen LogP contribution is -2.31. The molecule has 6 rings (SSSR count). The third-order valence-corrected chi connectivity index (χ3v) is 8.16. The van der Waals surface area contributed by atoms with E-state index in [2.05, 4.69) is 5.32 Å². The van der Waals surface area contributed by atoms with Crippen molar-refractivity contribution in [2.75, 3.05) is 5.32 Å². The van der Waals surface area contributed by atoms with E-state index in [9.17, 15) is 4.79 Å². The van der Waals surface area contributed by atoms with Crippen LogP contribution < -0.4 is 10.1 Å². The lowest BCUT2D eigenvalue weighted by molar-refractivity contribution is -0.116. The molecule has 2 aliphatic rings. The molecule has 1 atom stereocenters. The number of Topliss-reactive ketones (excluding diaryl/α,β-unsaturated/α-hetero) is 1. The molecule has 4 aromatic rings. The van der Waals surface area contributed by atoms with E-state index >= 15 is 0 Å². The van der Waals surface area contributed by atoms with Crippen molar-refractivity contribution in [2.24, 2.45) is 0 Å². The summed E-state index contributed by atoms with van der Waals surface area (Å²) in [6.45, 7) is 0.414. The van der Waals surface area contributed by atoms with Gasteiger partial charge in [0.25, 0.3) is 0 Å². The number of fused-ring (bicyclic) bond motifs is 1. The summed E-state index contributed by atoms with van der Waals surface area (Å²) in [7, 11) is 0. The predicted octanol–water partition coefficient (Wildman–Crippen LogP) is 7.48. The summed E-state index contributed by atoms with van der Waals surface area (Å²) in [5.74, 6) is 2.14. The molecule has 0 saturated carbocycles. The van der Waals surface area contributed by atoms with E-state index in [0.717, 1.165) is 51.6 Å². The number of ketones is 1. The van der Waals surface area contributed by atoms with E-state index in [1.807, 2.05) is 77.5 Å². The summed E-state index contributed by atoms with van der Waals surface area (Å²) >= 11 is 13.9. The number of anilines is 1. The van der Waals surface area contributed by atoms with Crippen LogP contribution >= 0.6 is 35.0 Å². The van der Waals surface area contributed by atoms with E-state index in [-0.39, 0.29) is 11.8 Å². The maximum atomic E-state index is 13.2. The largest absolute Gasteiger partial charge is 0.489 e. The lowest BCUT2D eigenvalue weighted by atomic mass is 9.85. The van der Waals surface area contributed by atoms with Crippen molar-refractivity contribution in [1.82, 2.24) is 14.8 Å². The Hall–Kier alpha value is -3.26. The third kappa shape index (κ3) is 5.19. The predicted molar refractivity (Wildman–Crippen MR) is 151 cm³/mol. The molecule has 0 radical (unpaired) electrons. The molecule has 0 bridgehead atoms. The molecule has 0 fully saturated rings. The van der Waals surface area contributed by atoms with Gasteiger partial charge in [0.05, 0.1) is 0 Å². The average molecular weight is 564 g/mol. The first-order valence-corrected chi connectivity index (χ1v) is 14.1. The smallest absolute Gasteiger partial charge is 0.227 e. The molecule has 6 nitrogen and oxygen atoms in total. The highest BCUT2D eigenvalue weighted by molar-refractivity contribution is 7.98. The number of hydrogen-bond acceptors (Lipinski definition) is 6. The maximum Gasteiger partial charge on any atom is 0.227 e. The summed E-state index contributed by atoms with van der Waals surface area (Å²) in [6, 6.07) is 22.8. The maximum absolute atomic E-state index is 13.2. The fraction of sp³-hybridized carbons (Fsp3) is 0.207. The minimum absolute atomic E-state index is 0.141. The van der Waals surface area contributed by atoms with Crippen LogP contribution in [0, 0.1) is 0 Å². The molecule has 1 aliphatic heterocycles. The second kappa shape index (κ2) is 10.8. The van der Waals surface area contributed by atoms with E-state index in [1.165, 1.54) is 11.8 Å². The molecule has 38 heavy (non-hydrogen) atoms. The van der Waals surface area contributed by atoms with Crippen LogP contribution in [0.2, 0.25) is 10.0 Å². The molecule has 1 unspecified atom stereocenters. The van der Waals surface area contributed by atoms with Crippen molar-refractivity contribution >= 4 is 46.7 Å². The molecule has 0 saturated heterocycles. The number of halogens is 2. The highest BCUT2D eigenvalue weighted by Gasteiger charge is 2.37. The summed E-state index contributed by atoms with van der Waals surface area (Å²) in [5, 5.41) is 10.3. The van der Waals surface area contributed by atoms with Crippen LogP contribution in [0.25, 0.3) is 0 Å². The van der Waals surface area contributed by atoms with Crippen molar-refractivity contribution in [1.29, 1.82) is 0 Å². The molecule has 9 heteroatoms. The number of thioether (sulfide) groups is 1. The van der Waals surface area contributed by atoms with Crippen LogP contribution in [0.5, 0.6) is 5.75 Å². The Balaban J connectivity index is 1.30. The van der Waals surface area contributed by atoms with Crippen LogP contribution in [-0.4, -0.2) is 20.5 Å². The Morgan fingerprint density at radius 1 is 1.03 bits per heavy atom. The number of benzene rings is 3. The number of carbonyl (C=O) groups excluding carboxylic acids is 1. The second-order valence-electron chi connectivity index (χ2n) is 9.23. The molecule has 1 N–H and O–H groups in total. The Morgan fingerprint density at radius 3 is 2.71 bits per heavy atom. The molecule has 0 amide bonds. The number of hydrogen-bond donors (Lipinski definition) is 1. The van der Waals surface area contributed by atoms with Gasteiger partial charge in [0.2, 0.25) is 11.1 Å². The second-order valence-corrected chi connectivity index (χ2v) is 11.0. The van der Waals surface area contributed by atoms with E-state index < -0.39 is 0 Å². The third-order valence-electron chi connectivity index (χ3n) is 6.66. The van der Waals surface area contributed by atoms with E-state index in [1.54, 1.807) is 0 Å². The van der Waals surface area contributed by atoms with Crippen molar-refractivity contribution in [3.05, 3.63) is 111 Å². The highest BCUT2D eigenvalue weighted by Crippen LogP contribution is 2.41. The van der Waals surface area contributed by atoms with Gasteiger partial charge >= 0.3 is 0 Å². The fourth-order valence-electron chi connectivity index (χ4n) is 4.79. The Bertz CT molecular complexity index is 1530. The molecule has 1 aromatic heterocycles. The Morgan fingerprint density at radius 2 is 1.87 bits per heavy atom. The number of ether oxygens (including phenoxy) is 1. The molecule has 3 aromatic carbocycles. The van der Waals surface area contributed by atoms with Gasteiger partial charge in [0, 0.05) is 33.5 Å². The van der Waals surface area contributed by atoms with Gasteiger partial charge < -0.3 is 10.1 Å². The monoisotopic (exact) mass is 562 g/mol. The van der Waals surface area contributed by atoms with Gasteiger partial charge in [-0.25, -0.2) is 4.68 Å². The molecule has 1 aliphatic carbocycles. The summed E-state index contributed by atoms with van der Waals surface area (Å²) < 4.78 is 7.93. The first kappa shape index (κ1) is 25.0. The average Bonchev–Trinajstić information content (AvgIpc) is 3.34. The number of carbonyl (C=O) groups is 1. The number of nitrogens with zero attached hydrogens (tertiary/aromatic N) is 3. The minimum Gasteiger partial charge on any atom is -0.489 e. The summed E-state index contributed by atoms with van der Waals surface area (Å²) in [6.07, 6.45) is 2.16. The summed E-state index contributed by atoms with van der Waals surface area (Å²) in [5.41, 5.74) is 4.66. The van der Waals surface area contributed by atoms with Gasteiger partial charge in [0.15, 0.2) is 5.78 Å². The Kier molecular flexibility index (Phi) is 7.15. The lowest BCUT2D eigenvalue weighted by Gasteiger charge is -2.32. The van der Waals surface area contributed by atoms with Crippen LogP contribution in [0.4, 0.5) is 5.95 Å². The van der Waals surface area contributed by atoms with Crippen molar-refractivity contribution in [3.63, 3.8) is 0 Å². The first-order chi connectivity index (χ1) is 18.5. The Labute approximate surface area is 235 Å². The molecule has 2 heterocycles. The minimum atomic E-state index is -0.379. The summed E-state index contributed by atoms with van der Waals surface area (Å²) in [4.78, 5) is 17.9. The molecule has 0 spiro atoms. The van der Waals surface area contributed by atoms with Crippen LogP contribution in [0.3, 0.4) is 0 Å². The molecular weight excluding hydrogens is 539 g/mol. The SMILES string of the molecule is O=C1CCCC2=C1C(c1cccc(OCc3ccc(Cl)cc3)c1)n1nc(SCc3ccccc3Cl)nc1N2. The normalized spacial score (nSPS) is 16.6. The van der Waals surface area contributed by atoms with Crippen LogP contribution in [0.15, 0.2) is 89.2 Å². The van der Waals surface area contributed by atoms with Crippen LogP contribution in [0.1, 0.15) is 42.0 Å². The highest BCUT2D eigenvalue weighted by atomic mass is 35.5. The van der Waals surface area contributed by atoms with Gasteiger partial charge in [-0.15, -0.1) is 5.10 Å². The van der Waals surface area contributed by atoms with Gasteiger partial charge in [0.1, 0.15) is 18.4 Å². The number of rotatable bonds is 7. The first-order valence-electron chi connectivity index (χ1n) is 12.4. The standard InChI is InChI=1S/C29H24Cl2N4O2S/c30-21-13-11-18(12-14-21)16-37-22-7-3-6-19(15-22)27-26-24(9-4-10-25(26)36)32-28-33-29(34-35(27)28)38-17-20-5-1-2-8-23(20)31/h1-3,5-8,11-15,27H,4,9-10,16-17H2,(H,32,33,34). The topological polar surface area (TPSA) is 69.0 Å². The van der Waals surface area contributed by atoms with Gasteiger partial charge in [-0.05, 0) is 59.9 Å². The van der Waals surface area contributed by atoms with Crippen molar-refractivity contribution in [2.45, 2.75) is 42.8 Å². The molecule has 192 valence electrons. The zero-order chi connectivity index (χ0) is 26.1. The van der Waals surface area contributed by atoms with Crippen LogP contribution in [-0.2, 0) is 17.2 Å². The van der Waals surface area contributed by atoms with Crippen molar-refractivity contribution < 1.29 is 9.53 Å². The molecular formula is C29H24Cl2N4O2S. The quantitative estimate of drug-likeness (QED) is 0.235. The number of allylic oxidation sites excluding steroid dienone is 2. The van der Waals surface area contributed by atoms with E-state index in [4.69, 9.17) is 38.0 Å². The fourth-order valence-corrected chi connectivity index (χ4v) is 6.03. The zero-order valence-electron chi connectivity index (χ0n) is 20.4. The van der Waals surface area contributed by atoms with E-state index in [0.29, 0.717) is 34.9 Å². The van der Waals surface area contributed by atoms with Crippen molar-refractivity contribution in [3.8, 4) is 5.75 Å².